The lowest BCUT2D eigenvalue weighted by Crippen LogP contribution is -2.32. The van der Waals surface area contributed by atoms with Gasteiger partial charge in [-0.15, -0.1) is 0 Å². The van der Waals surface area contributed by atoms with E-state index in [4.69, 9.17) is 19.1 Å². The minimum atomic E-state index is -0.547. The average molecular weight is 653 g/mol. The van der Waals surface area contributed by atoms with Crippen molar-refractivity contribution >= 4 is 21.9 Å². The van der Waals surface area contributed by atoms with Crippen molar-refractivity contribution in [3.05, 3.63) is 192 Å². The van der Waals surface area contributed by atoms with Gasteiger partial charge in [-0.25, -0.2) is 9.97 Å². The monoisotopic (exact) mass is 652 g/mol. The standard InChI is InChI=1S/C47H28N2O2/c1-3-14-29(15-4-1)40-27-41(49-46(48-40)30-16-5-2-6-17-30)34-21-13-20-33-35-26-39-44(28-43(35)51-45(33)34)50-42-25-12-11-24-38(42)47(39)36-22-9-7-18-31(36)32-19-8-10-23-37(32)47/h1-28H. The van der Waals surface area contributed by atoms with Crippen molar-refractivity contribution in [1.29, 1.82) is 0 Å². The highest BCUT2D eigenvalue weighted by Gasteiger charge is 2.51. The quantitative estimate of drug-likeness (QED) is 0.191. The zero-order valence-corrected chi connectivity index (χ0v) is 27.4. The van der Waals surface area contributed by atoms with E-state index in [-0.39, 0.29) is 0 Å². The molecule has 9 aromatic rings. The normalized spacial score (nSPS) is 13.4. The van der Waals surface area contributed by atoms with Gasteiger partial charge in [0.05, 0.1) is 16.8 Å². The molecule has 0 radical (unpaired) electrons. The van der Waals surface area contributed by atoms with E-state index in [9.17, 15) is 0 Å². The molecular formula is C47H28N2O2. The number of aromatic nitrogens is 2. The molecule has 4 nitrogen and oxygen atoms in total. The summed E-state index contributed by atoms with van der Waals surface area (Å²) in [6, 6.07) is 59.3. The second kappa shape index (κ2) is 10.6. The highest BCUT2D eigenvalue weighted by atomic mass is 16.5. The van der Waals surface area contributed by atoms with Gasteiger partial charge < -0.3 is 9.15 Å². The lowest BCUT2D eigenvalue weighted by Gasteiger charge is -2.39. The molecule has 1 aliphatic heterocycles. The number of para-hydroxylation sites is 2. The Morgan fingerprint density at radius 2 is 1.02 bits per heavy atom. The molecular weight excluding hydrogens is 625 g/mol. The van der Waals surface area contributed by atoms with E-state index in [0.717, 1.165) is 72.6 Å². The summed E-state index contributed by atoms with van der Waals surface area (Å²) in [7, 11) is 0. The van der Waals surface area contributed by atoms with Crippen LogP contribution in [0.15, 0.2) is 174 Å². The Morgan fingerprint density at radius 3 is 1.76 bits per heavy atom. The number of furan rings is 1. The van der Waals surface area contributed by atoms with E-state index in [2.05, 4.69) is 115 Å². The van der Waals surface area contributed by atoms with Crippen LogP contribution in [0.25, 0.3) is 67.0 Å². The highest BCUT2D eigenvalue weighted by Crippen LogP contribution is 2.62. The van der Waals surface area contributed by atoms with E-state index in [1.165, 1.54) is 22.3 Å². The van der Waals surface area contributed by atoms with Crippen molar-refractivity contribution in [2.24, 2.45) is 0 Å². The lowest BCUT2D eigenvalue weighted by molar-refractivity contribution is 0.436. The van der Waals surface area contributed by atoms with Crippen LogP contribution in [0.1, 0.15) is 22.3 Å². The summed E-state index contributed by atoms with van der Waals surface area (Å²) >= 11 is 0. The molecule has 0 unspecified atom stereocenters. The van der Waals surface area contributed by atoms with Crippen LogP contribution in [0.4, 0.5) is 0 Å². The smallest absolute Gasteiger partial charge is 0.160 e. The van der Waals surface area contributed by atoms with Gasteiger partial charge in [0.15, 0.2) is 5.82 Å². The van der Waals surface area contributed by atoms with Crippen LogP contribution in [-0.4, -0.2) is 9.97 Å². The van der Waals surface area contributed by atoms with Gasteiger partial charge in [-0.3, -0.25) is 0 Å². The molecule has 4 heteroatoms. The lowest BCUT2D eigenvalue weighted by atomic mass is 9.66. The molecule has 238 valence electrons. The minimum Gasteiger partial charge on any atom is -0.457 e. The fraction of sp³-hybridized carbons (Fsp3) is 0.0213. The van der Waals surface area contributed by atoms with Gasteiger partial charge in [0, 0.05) is 44.7 Å². The molecule has 0 saturated heterocycles. The fourth-order valence-corrected chi connectivity index (χ4v) is 8.41. The third-order valence-corrected chi connectivity index (χ3v) is 10.6. The van der Waals surface area contributed by atoms with Gasteiger partial charge >= 0.3 is 0 Å². The van der Waals surface area contributed by atoms with Gasteiger partial charge in [0.1, 0.15) is 22.7 Å². The predicted octanol–water partition coefficient (Wildman–Crippen LogP) is 11.8. The maximum Gasteiger partial charge on any atom is 0.160 e. The number of benzene rings is 7. The summed E-state index contributed by atoms with van der Waals surface area (Å²) in [5.41, 5.74) is 12.8. The average Bonchev–Trinajstić information content (AvgIpc) is 3.71. The van der Waals surface area contributed by atoms with Crippen LogP contribution < -0.4 is 4.74 Å². The summed E-state index contributed by atoms with van der Waals surface area (Å²) in [6.07, 6.45) is 0. The molecule has 1 aliphatic carbocycles. The van der Waals surface area contributed by atoms with Crippen molar-refractivity contribution in [2.75, 3.05) is 0 Å². The van der Waals surface area contributed by atoms with Crippen molar-refractivity contribution in [3.63, 3.8) is 0 Å². The van der Waals surface area contributed by atoms with E-state index in [1.807, 2.05) is 54.6 Å². The van der Waals surface area contributed by atoms with Crippen molar-refractivity contribution in [3.8, 4) is 56.5 Å². The first kappa shape index (κ1) is 28.1. The SMILES string of the molecule is c1ccc(-c2cc(-c3cccc4c3oc3cc5c(cc34)C3(c4ccccc4O5)c4ccccc4-c4ccccc43)nc(-c3ccccc3)n2)cc1. The number of ether oxygens (including phenoxy) is 1. The topological polar surface area (TPSA) is 48.2 Å². The zero-order chi connectivity index (χ0) is 33.5. The molecule has 2 aliphatic rings. The van der Waals surface area contributed by atoms with Gasteiger partial charge in [-0.1, -0.05) is 140 Å². The molecule has 0 N–H and O–H groups in total. The van der Waals surface area contributed by atoms with E-state index < -0.39 is 5.41 Å². The first-order chi connectivity index (χ1) is 25.3. The van der Waals surface area contributed by atoms with Crippen LogP contribution in [0, 0.1) is 0 Å². The Hall–Kier alpha value is -6.78. The number of nitrogens with zero attached hydrogens (tertiary/aromatic N) is 2. The Kier molecular flexibility index (Phi) is 5.84. The van der Waals surface area contributed by atoms with Crippen LogP contribution >= 0.6 is 0 Å². The fourth-order valence-electron chi connectivity index (χ4n) is 8.41. The van der Waals surface area contributed by atoms with Gasteiger partial charge in [-0.05, 0) is 46.5 Å². The largest absolute Gasteiger partial charge is 0.457 e. The Morgan fingerprint density at radius 1 is 0.412 bits per heavy atom. The summed E-state index contributed by atoms with van der Waals surface area (Å²) in [5.74, 6) is 2.32. The summed E-state index contributed by atoms with van der Waals surface area (Å²) < 4.78 is 13.6. The Balaban J connectivity index is 1.18. The Bertz CT molecular complexity index is 2730. The van der Waals surface area contributed by atoms with Crippen molar-refractivity contribution < 1.29 is 9.15 Å². The highest BCUT2D eigenvalue weighted by molar-refractivity contribution is 6.10. The van der Waals surface area contributed by atoms with Gasteiger partial charge in [0.25, 0.3) is 0 Å². The van der Waals surface area contributed by atoms with E-state index >= 15 is 0 Å². The molecule has 1 spiro atoms. The summed E-state index contributed by atoms with van der Waals surface area (Å²) in [4.78, 5) is 10.1. The van der Waals surface area contributed by atoms with Gasteiger partial charge in [0.2, 0.25) is 0 Å². The van der Waals surface area contributed by atoms with Crippen molar-refractivity contribution in [1.82, 2.24) is 9.97 Å². The number of hydrogen-bond acceptors (Lipinski definition) is 4. The Labute approximate surface area is 294 Å². The number of fused-ring (bicyclic) bond motifs is 12. The molecule has 11 rings (SSSR count). The number of rotatable bonds is 3. The third kappa shape index (κ3) is 3.96. The molecule has 0 saturated carbocycles. The number of hydrogen-bond donors (Lipinski definition) is 0. The second-order valence-electron chi connectivity index (χ2n) is 13.3. The van der Waals surface area contributed by atoms with Crippen LogP contribution in [0.3, 0.4) is 0 Å². The van der Waals surface area contributed by atoms with Crippen molar-refractivity contribution in [2.45, 2.75) is 5.41 Å². The maximum absolute atomic E-state index is 6.83. The molecule has 51 heavy (non-hydrogen) atoms. The van der Waals surface area contributed by atoms with E-state index in [0.29, 0.717) is 5.82 Å². The third-order valence-electron chi connectivity index (χ3n) is 10.6. The first-order valence-electron chi connectivity index (χ1n) is 17.2. The zero-order valence-electron chi connectivity index (χ0n) is 27.4. The second-order valence-corrected chi connectivity index (χ2v) is 13.3. The molecule has 7 aromatic carbocycles. The summed E-state index contributed by atoms with van der Waals surface area (Å²) in [6.45, 7) is 0. The first-order valence-corrected chi connectivity index (χ1v) is 17.2. The maximum atomic E-state index is 6.83. The van der Waals surface area contributed by atoms with Crippen LogP contribution in [0.2, 0.25) is 0 Å². The summed E-state index contributed by atoms with van der Waals surface area (Å²) in [5, 5.41) is 2.07. The van der Waals surface area contributed by atoms with E-state index in [1.54, 1.807) is 0 Å². The molecule has 0 bridgehead atoms. The molecule has 0 fully saturated rings. The molecule has 0 atom stereocenters. The predicted molar refractivity (Wildman–Crippen MR) is 203 cm³/mol. The van der Waals surface area contributed by atoms with Crippen LogP contribution in [-0.2, 0) is 5.41 Å². The molecule has 0 amide bonds. The van der Waals surface area contributed by atoms with Gasteiger partial charge in [-0.2, -0.15) is 0 Å². The molecule has 2 aromatic heterocycles. The minimum absolute atomic E-state index is 0.547. The molecule has 3 heterocycles. The van der Waals surface area contributed by atoms with Crippen LogP contribution in [0.5, 0.6) is 11.5 Å².